The number of aliphatic hydroxyl groups excluding tert-OH is 1. The van der Waals surface area contributed by atoms with Crippen molar-refractivity contribution in [1.82, 2.24) is 19.9 Å². The highest BCUT2D eigenvalue weighted by atomic mass is 35.5. The van der Waals surface area contributed by atoms with Crippen molar-refractivity contribution in [3.63, 3.8) is 0 Å². The standard InChI is InChI=1S/C22H26ClN7O2S/c1-13-4-3-5-15(23)20(13)16-12-30(7-6-29(16)8-9-31)19-10-18(26-14(2)27-19)28-22-25-11-17(33-22)21(24)32/h3-5,10-11,16,31H,6-9,12H2,1-2H3,(H2,24,32)(H,25,26,27,28). The van der Waals surface area contributed by atoms with Crippen molar-refractivity contribution in [1.29, 1.82) is 0 Å². The highest BCUT2D eigenvalue weighted by molar-refractivity contribution is 7.17. The minimum Gasteiger partial charge on any atom is -0.395 e. The van der Waals surface area contributed by atoms with E-state index in [0.717, 1.165) is 35.1 Å². The van der Waals surface area contributed by atoms with Gasteiger partial charge in [-0.1, -0.05) is 35.1 Å². The van der Waals surface area contributed by atoms with E-state index < -0.39 is 5.91 Å². The Morgan fingerprint density at radius 3 is 2.85 bits per heavy atom. The van der Waals surface area contributed by atoms with Gasteiger partial charge in [0.25, 0.3) is 5.91 Å². The number of β-amino-alcohol motifs (C(OH)–C–C–N with tert-alkyl or cyclic N) is 1. The topological polar surface area (TPSA) is 120 Å². The minimum absolute atomic E-state index is 0.0170. The first-order valence-electron chi connectivity index (χ1n) is 10.6. The summed E-state index contributed by atoms with van der Waals surface area (Å²) in [5.74, 6) is 1.48. The molecule has 33 heavy (non-hydrogen) atoms. The lowest BCUT2D eigenvalue weighted by atomic mass is 9.97. The number of aromatic nitrogens is 3. The summed E-state index contributed by atoms with van der Waals surface area (Å²) in [5, 5.41) is 14.0. The fraction of sp³-hybridized carbons (Fsp3) is 0.364. The van der Waals surface area contributed by atoms with E-state index in [9.17, 15) is 9.90 Å². The molecule has 1 fully saturated rings. The van der Waals surface area contributed by atoms with Crippen LogP contribution >= 0.6 is 22.9 Å². The molecule has 1 atom stereocenters. The molecule has 4 rings (SSSR count). The molecule has 1 aromatic carbocycles. The Morgan fingerprint density at radius 2 is 2.15 bits per heavy atom. The predicted molar refractivity (Wildman–Crippen MR) is 130 cm³/mol. The van der Waals surface area contributed by atoms with Gasteiger partial charge in [0, 0.05) is 37.3 Å². The normalized spacial score (nSPS) is 16.7. The van der Waals surface area contributed by atoms with Gasteiger partial charge in [-0.25, -0.2) is 15.0 Å². The lowest BCUT2D eigenvalue weighted by molar-refractivity contribution is 0.100. The average molecular weight is 488 g/mol. The maximum Gasteiger partial charge on any atom is 0.260 e. The number of hydrogen-bond acceptors (Lipinski definition) is 9. The molecule has 3 aromatic rings. The molecule has 4 N–H and O–H groups in total. The van der Waals surface area contributed by atoms with Gasteiger partial charge in [0.1, 0.15) is 22.3 Å². The number of amides is 1. The highest BCUT2D eigenvalue weighted by Crippen LogP contribution is 2.34. The van der Waals surface area contributed by atoms with Crippen LogP contribution in [0.25, 0.3) is 0 Å². The van der Waals surface area contributed by atoms with Crippen LogP contribution in [0.5, 0.6) is 0 Å². The van der Waals surface area contributed by atoms with Crippen LogP contribution in [0.4, 0.5) is 16.8 Å². The molecular formula is C22H26ClN7O2S. The van der Waals surface area contributed by atoms with Gasteiger partial charge in [-0.15, -0.1) is 0 Å². The highest BCUT2D eigenvalue weighted by Gasteiger charge is 2.31. The van der Waals surface area contributed by atoms with Crippen LogP contribution in [0.2, 0.25) is 5.02 Å². The number of nitrogens with zero attached hydrogens (tertiary/aromatic N) is 5. The van der Waals surface area contributed by atoms with Gasteiger partial charge in [0.15, 0.2) is 5.13 Å². The van der Waals surface area contributed by atoms with Crippen molar-refractivity contribution in [2.45, 2.75) is 19.9 Å². The zero-order chi connectivity index (χ0) is 23.5. The van der Waals surface area contributed by atoms with E-state index in [4.69, 9.17) is 17.3 Å². The fourth-order valence-electron chi connectivity index (χ4n) is 4.10. The number of primary amides is 1. The Hall–Kier alpha value is -2.79. The first kappa shape index (κ1) is 23.4. The Balaban J connectivity index is 1.61. The zero-order valence-corrected chi connectivity index (χ0v) is 20.0. The van der Waals surface area contributed by atoms with E-state index in [0.29, 0.717) is 34.7 Å². The molecule has 1 unspecified atom stereocenters. The first-order chi connectivity index (χ1) is 15.9. The van der Waals surface area contributed by atoms with Crippen molar-refractivity contribution in [2.24, 2.45) is 5.73 Å². The summed E-state index contributed by atoms with van der Waals surface area (Å²) in [6, 6.07) is 7.81. The van der Waals surface area contributed by atoms with E-state index in [1.54, 1.807) is 0 Å². The van der Waals surface area contributed by atoms with Crippen molar-refractivity contribution in [3.05, 3.63) is 57.3 Å². The lowest BCUT2D eigenvalue weighted by Gasteiger charge is -2.42. The number of carbonyl (C=O) groups is 1. The van der Waals surface area contributed by atoms with Crippen molar-refractivity contribution in [2.75, 3.05) is 43.0 Å². The molecule has 0 saturated carbocycles. The summed E-state index contributed by atoms with van der Waals surface area (Å²) in [4.78, 5) is 29.5. The van der Waals surface area contributed by atoms with Gasteiger partial charge < -0.3 is 21.1 Å². The van der Waals surface area contributed by atoms with E-state index in [-0.39, 0.29) is 12.6 Å². The summed E-state index contributed by atoms with van der Waals surface area (Å²) in [7, 11) is 0. The van der Waals surface area contributed by atoms with Crippen LogP contribution < -0.4 is 16.0 Å². The van der Waals surface area contributed by atoms with Crippen LogP contribution in [-0.2, 0) is 0 Å². The molecule has 1 aliphatic rings. The number of carbonyl (C=O) groups excluding carboxylic acids is 1. The molecule has 0 spiro atoms. The van der Waals surface area contributed by atoms with Gasteiger partial charge in [0.05, 0.1) is 18.8 Å². The van der Waals surface area contributed by atoms with Gasteiger partial charge in [-0.2, -0.15) is 0 Å². The number of nitrogens with two attached hydrogens (primary N) is 1. The monoisotopic (exact) mass is 487 g/mol. The van der Waals surface area contributed by atoms with Crippen molar-refractivity contribution in [3.8, 4) is 0 Å². The van der Waals surface area contributed by atoms with Gasteiger partial charge in [-0.3, -0.25) is 9.69 Å². The molecule has 1 aliphatic heterocycles. The van der Waals surface area contributed by atoms with E-state index in [1.807, 2.05) is 25.1 Å². The van der Waals surface area contributed by atoms with Gasteiger partial charge >= 0.3 is 0 Å². The second kappa shape index (κ2) is 10.0. The Morgan fingerprint density at radius 1 is 1.33 bits per heavy atom. The summed E-state index contributed by atoms with van der Waals surface area (Å²) in [5.41, 5.74) is 7.51. The third-order valence-corrected chi connectivity index (χ3v) is 6.87. The second-order valence-electron chi connectivity index (χ2n) is 7.87. The number of anilines is 3. The van der Waals surface area contributed by atoms with Crippen LogP contribution in [0, 0.1) is 13.8 Å². The smallest absolute Gasteiger partial charge is 0.260 e. The molecule has 0 aliphatic carbocycles. The Bertz CT molecular complexity index is 1140. The first-order valence-corrected chi connectivity index (χ1v) is 11.8. The quantitative estimate of drug-likeness (QED) is 0.465. The molecule has 9 nitrogen and oxygen atoms in total. The molecule has 3 heterocycles. The number of aliphatic hydroxyl groups is 1. The third-order valence-electron chi connectivity index (χ3n) is 5.61. The number of thiazole rings is 1. The summed E-state index contributed by atoms with van der Waals surface area (Å²) < 4.78 is 0. The number of benzene rings is 1. The maximum atomic E-state index is 11.4. The van der Waals surface area contributed by atoms with Crippen molar-refractivity contribution >= 4 is 45.6 Å². The SMILES string of the molecule is Cc1nc(Nc2ncc(C(N)=O)s2)cc(N2CCN(CCO)C(c3c(C)cccc3Cl)C2)n1. The summed E-state index contributed by atoms with van der Waals surface area (Å²) >= 11 is 7.78. The van der Waals surface area contributed by atoms with Crippen LogP contribution in [0.3, 0.4) is 0 Å². The number of halogens is 1. The zero-order valence-electron chi connectivity index (χ0n) is 18.5. The molecular weight excluding hydrogens is 462 g/mol. The van der Waals surface area contributed by atoms with Crippen molar-refractivity contribution < 1.29 is 9.90 Å². The predicted octanol–water partition coefficient (Wildman–Crippen LogP) is 2.90. The van der Waals surface area contributed by atoms with E-state index >= 15 is 0 Å². The lowest BCUT2D eigenvalue weighted by Crippen LogP contribution is -2.49. The molecule has 0 bridgehead atoms. The van der Waals surface area contributed by atoms with Gasteiger partial charge in [0.2, 0.25) is 0 Å². The molecule has 11 heteroatoms. The maximum absolute atomic E-state index is 11.4. The fourth-order valence-corrected chi connectivity index (χ4v) is 5.12. The number of nitrogens with one attached hydrogen (secondary N) is 1. The molecule has 1 saturated heterocycles. The van der Waals surface area contributed by atoms with Crippen LogP contribution in [0.15, 0.2) is 30.5 Å². The number of hydrogen-bond donors (Lipinski definition) is 3. The molecule has 174 valence electrons. The minimum atomic E-state index is -0.512. The summed E-state index contributed by atoms with van der Waals surface area (Å²) in [6.07, 6.45) is 1.45. The third kappa shape index (κ3) is 5.25. The van der Waals surface area contributed by atoms with Gasteiger partial charge in [-0.05, 0) is 31.0 Å². The Labute approximate surface area is 201 Å². The number of aryl methyl sites for hydroxylation is 2. The molecule has 1 amide bonds. The number of piperazine rings is 1. The number of rotatable bonds is 7. The van der Waals surface area contributed by atoms with E-state index in [2.05, 4.69) is 43.1 Å². The molecule has 0 radical (unpaired) electrons. The largest absolute Gasteiger partial charge is 0.395 e. The Kier molecular flexibility index (Phi) is 7.08. The summed E-state index contributed by atoms with van der Waals surface area (Å²) in [6.45, 7) is 6.73. The van der Waals surface area contributed by atoms with E-state index in [1.165, 1.54) is 17.5 Å². The van der Waals surface area contributed by atoms with Crippen LogP contribution in [0.1, 0.15) is 32.7 Å². The second-order valence-corrected chi connectivity index (χ2v) is 9.31. The molecule has 2 aromatic heterocycles. The van der Waals surface area contributed by atoms with Crippen LogP contribution in [-0.4, -0.2) is 63.7 Å². The average Bonchev–Trinajstić information content (AvgIpc) is 3.23.